The van der Waals surface area contributed by atoms with Crippen LogP contribution >= 0.6 is 0 Å². The molecular formula is C19H33NO. The molecule has 3 fully saturated rings. The first-order valence-corrected chi connectivity index (χ1v) is 9.53. The lowest BCUT2D eigenvalue weighted by molar-refractivity contribution is -0.123. The van der Waals surface area contributed by atoms with Gasteiger partial charge in [-0.3, -0.25) is 4.79 Å². The third kappa shape index (κ3) is 3.81. The number of carbonyl (C=O) groups is 1. The van der Waals surface area contributed by atoms with Gasteiger partial charge in [-0.2, -0.15) is 0 Å². The van der Waals surface area contributed by atoms with Gasteiger partial charge in [0.1, 0.15) is 0 Å². The van der Waals surface area contributed by atoms with Crippen LogP contribution in [-0.4, -0.2) is 5.91 Å². The minimum absolute atomic E-state index is 0.0607. The van der Waals surface area contributed by atoms with Gasteiger partial charge in [-0.25, -0.2) is 0 Å². The van der Waals surface area contributed by atoms with Crippen molar-refractivity contribution in [3.8, 4) is 0 Å². The number of amides is 1. The molecule has 0 atom stereocenters. The van der Waals surface area contributed by atoms with Crippen LogP contribution in [0, 0.1) is 29.6 Å². The van der Waals surface area contributed by atoms with Crippen LogP contribution < -0.4 is 5.73 Å². The van der Waals surface area contributed by atoms with Crippen LogP contribution in [0.25, 0.3) is 0 Å². The maximum Gasteiger partial charge on any atom is 0.220 e. The van der Waals surface area contributed by atoms with Crippen LogP contribution in [0.3, 0.4) is 0 Å². The largest absolute Gasteiger partial charge is 0.369 e. The Morgan fingerprint density at radius 3 is 1.38 bits per heavy atom. The third-order valence-electron chi connectivity index (χ3n) is 6.97. The Morgan fingerprint density at radius 2 is 0.952 bits per heavy atom. The fourth-order valence-corrected chi connectivity index (χ4v) is 5.57. The highest BCUT2D eigenvalue weighted by Crippen LogP contribution is 2.45. The topological polar surface area (TPSA) is 43.1 Å². The Hall–Kier alpha value is -0.530. The van der Waals surface area contributed by atoms with Gasteiger partial charge < -0.3 is 5.73 Å². The Balaban J connectivity index is 1.42. The summed E-state index contributed by atoms with van der Waals surface area (Å²) in [4.78, 5) is 11.3. The molecule has 21 heavy (non-hydrogen) atoms. The molecule has 3 aliphatic rings. The lowest BCUT2D eigenvalue weighted by atomic mass is 9.66. The second kappa shape index (κ2) is 7.15. The molecule has 0 heterocycles. The number of rotatable bonds is 3. The van der Waals surface area contributed by atoms with E-state index in [1.165, 1.54) is 70.6 Å². The molecule has 3 rings (SSSR count). The van der Waals surface area contributed by atoms with E-state index in [0.717, 1.165) is 36.5 Å². The van der Waals surface area contributed by atoms with Crippen molar-refractivity contribution >= 4 is 5.91 Å². The zero-order chi connectivity index (χ0) is 14.7. The van der Waals surface area contributed by atoms with E-state index in [0.29, 0.717) is 0 Å². The molecule has 3 saturated carbocycles. The molecule has 0 aromatic rings. The van der Waals surface area contributed by atoms with Crippen LogP contribution in [0.4, 0.5) is 0 Å². The highest BCUT2D eigenvalue weighted by Gasteiger charge is 2.34. The molecule has 0 bridgehead atoms. The highest BCUT2D eigenvalue weighted by molar-refractivity contribution is 5.76. The zero-order valence-electron chi connectivity index (χ0n) is 13.6. The van der Waals surface area contributed by atoms with Crippen molar-refractivity contribution in [3.63, 3.8) is 0 Å². The van der Waals surface area contributed by atoms with Gasteiger partial charge in [-0.1, -0.05) is 32.1 Å². The van der Waals surface area contributed by atoms with Crippen LogP contribution in [0.1, 0.15) is 83.5 Å². The summed E-state index contributed by atoms with van der Waals surface area (Å²) in [5.41, 5.74) is 5.45. The molecule has 2 nitrogen and oxygen atoms in total. The van der Waals surface area contributed by atoms with E-state index < -0.39 is 0 Å². The monoisotopic (exact) mass is 291 g/mol. The summed E-state index contributed by atoms with van der Waals surface area (Å²) in [6.45, 7) is 0. The molecule has 3 aliphatic carbocycles. The maximum atomic E-state index is 11.3. The van der Waals surface area contributed by atoms with E-state index in [1.807, 2.05) is 0 Å². The third-order valence-corrected chi connectivity index (χ3v) is 6.97. The van der Waals surface area contributed by atoms with E-state index in [4.69, 9.17) is 5.73 Å². The predicted molar refractivity (Wildman–Crippen MR) is 86.7 cm³/mol. The zero-order valence-corrected chi connectivity index (χ0v) is 13.6. The van der Waals surface area contributed by atoms with Crippen LogP contribution in [-0.2, 0) is 4.79 Å². The molecule has 0 aromatic carbocycles. The number of hydrogen-bond donors (Lipinski definition) is 1. The van der Waals surface area contributed by atoms with Crippen molar-refractivity contribution in [2.45, 2.75) is 83.5 Å². The maximum absolute atomic E-state index is 11.3. The summed E-state index contributed by atoms with van der Waals surface area (Å²) >= 11 is 0. The van der Waals surface area contributed by atoms with Gasteiger partial charge in [-0.05, 0) is 75.0 Å². The smallest absolute Gasteiger partial charge is 0.220 e. The van der Waals surface area contributed by atoms with E-state index in [2.05, 4.69) is 0 Å². The minimum Gasteiger partial charge on any atom is -0.369 e. The summed E-state index contributed by atoms with van der Waals surface area (Å²) in [7, 11) is 0. The molecule has 1 amide bonds. The summed E-state index contributed by atoms with van der Waals surface area (Å²) in [6.07, 6.45) is 18.0. The average molecular weight is 291 g/mol. The predicted octanol–water partition coefficient (Wildman–Crippen LogP) is 4.66. The van der Waals surface area contributed by atoms with Gasteiger partial charge in [0.05, 0.1) is 0 Å². The Bertz CT molecular complexity index is 331. The second-order valence-corrected chi connectivity index (χ2v) is 8.09. The summed E-state index contributed by atoms with van der Waals surface area (Å²) in [5, 5.41) is 0. The first-order valence-electron chi connectivity index (χ1n) is 9.53. The highest BCUT2D eigenvalue weighted by atomic mass is 16.1. The normalized spacial score (nSPS) is 39.0. The molecule has 2 N–H and O–H groups in total. The Kier molecular flexibility index (Phi) is 5.24. The van der Waals surface area contributed by atoms with Gasteiger partial charge in [0, 0.05) is 5.92 Å². The van der Waals surface area contributed by atoms with Gasteiger partial charge in [0.2, 0.25) is 5.91 Å². The van der Waals surface area contributed by atoms with E-state index in [-0.39, 0.29) is 11.8 Å². The van der Waals surface area contributed by atoms with Gasteiger partial charge in [-0.15, -0.1) is 0 Å². The first-order chi connectivity index (χ1) is 10.2. The van der Waals surface area contributed by atoms with E-state index in [9.17, 15) is 4.79 Å². The molecule has 0 aliphatic heterocycles. The number of nitrogens with two attached hydrogens (primary N) is 1. The van der Waals surface area contributed by atoms with Crippen molar-refractivity contribution in [1.82, 2.24) is 0 Å². The van der Waals surface area contributed by atoms with Crippen molar-refractivity contribution in [2.75, 3.05) is 0 Å². The molecule has 120 valence electrons. The van der Waals surface area contributed by atoms with Gasteiger partial charge >= 0.3 is 0 Å². The molecule has 0 radical (unpaired) electrons. The van der Waals surface area contributed by atoms with Crippen LogP contribution in [0.5, 0.6) is 0 Å². The van der Waals surface area contributed by atoms with Crippen molar-refractivity contribution in [1.29, 1.82) is 0 Å². The summed E-state index contributed by atoms with van der Waals surface area (Å²) in [5.74, 6) is 4.08. The lowest BCUT2D eigenvalue weighted by Gasteiger charge is -2.40. The first kappa shape index (κ1) is 15.4. The Labute approximate surface area is 130 Å². The van der Waals surface area contributed by atoms with E-state index >= 15 is 0 Å². The van der Waals surface area contributed by atoms with Gasteiger partial charge in [0.25, 0.3) is 0 Å². The number of hydrogen-bond acceptors (Lipinski definition) is 1. The lowest BCUT2D eigenvalue weighted by Crippen LogP contribution is -2.32. The van der Waals surface area contributed by atoms with Crippen molar-refractivity contribution in [3.05, 3.63) is 0 Å². The average Bonchev–Trinajstić information content (AvgIpc) is 2.56. The SMILES string of the molecule is NC(=O)C1CCC(C2CCC(C3CCCCC3)CC2)CC1. The van der Waals surface area contributed by atoms with Crippen molar-refractivity contribution in [2.24, 2.45) is 35.3 Å². The molecule has 0 spiro atoms. The standard InChI is InChI=1S/C19H33NO/c20-19(21)18-12-10-17(11-13-18)16-8-6-15(7-9-16)14-4-2-1-3-5-14/h14-18H,1-13H2,(H2,20,21). The molecular weight excluding hydrogens is 258 g/mol. The number of primary amides is 1. The fourth-order valence-electron chi connectivity index (χ4n) is 5.57. The second-order valence-electron chi connectivity index (χ2n) is 8.09. The minimum atomic E-state index is -0.0607. The fraction of sp³-hybridized carbons (Fsp3) is 0.947. The summed E-state index contributed by atoms with van der Waals surface area (Å²) in [6, 6.07) is 0. The van der Waals surface area contributed by atoms with Crippen LogP contribution in [0.15, 0.2) is 0 Å². The molecule has 2 heteroatoms. The van der Waals surface area contributed by atoms with Crippen molar-refractivity contribution < 1.29 is 4.79 Å². The number of carbonyl (C=O) groups excluding carboxylic acids is 1. The molecule has 0 aromatic heterocycles. The molecule has 0 unspecified atom stereocenters. The summed E-state index contributed by atoms with van der Waals surface area (Å²) < 4.78 is 0. The molecule has 0 saturated heterocycles. The van der Waals surface area contributed by atoms with Gasteiger partial charge in [0.15, 0.2) is 0 Å². The Morgan fingerprint density at radius 1 is 0.571 bits per heavy atom. The quantitative estimate of drug-likeness (QED) is 0.807. The van der Waals surface area contributed by atoms with E-state index in [1.54, 1.807) is 0 Å². The van der Waals surface area contributed by atoms with Crippen LogP contribution in [0.2, 0.25) is 0 Å².